The van der Waals surface area contributed by atoms with Crippen LogP contribution in [0.5, 0.6) is 0 Å². The lowest BCUT2D eigenvalue weighted by molar-refractivity contribution is -0.151. The van der Waals surface area contributed by atoms with Gasteiger partial charge in [0.05, 0.1) is 11.6 Å². The zero-order valence-corrected chi connectivity index (χ0v) is 15.8. The minimum atomic E-state index is -0.934. The first-order valence-electron chi connectivity index (χ1n) is 9.18. The lowest BCUT2D eigenvalue weighted by Gasteiger charge is -2.19. The number of anilines is 2. The molecule has 1 aliphatic rings. The van der Waals surface area contributed by atoms with Crippen LogP contribution in [0.3, 0.4) is 0 Å². The van der Waals surface area contributed by atoms with Gasteiger partial charge in [0, 0.05) is 24.7 Å². The van der Waals surface area contributed by atoms with E-state index in [-0.39, 0.29) is 24.6 Å². The summed E-state index contributed by atoms with van der Waals surface area (Å²) in [7, 11) is 0. The highest BCUT2D eigenvalue weighted by Crippen LogP contribution is 2.29. The van der Waals surface area contributed by atoms with Gasteiger partial charge in [0.2, 0.25) is 5.91 Å². The fourth-order valence-electron chi connectivity index (χ4n) is 3.20. The number of hydrogen-bond donors (Lipinski definition) is 1. The standard InChI is InChI=1S/C21H20F2N2O4/c1-2-13-5-3-4-6-18(13)25-11-14(9-20(25)27)21(28)29-12-19(26)24-17-8-7-15(22)10-16(17)23/h3-8,10,14H,2,9,11-12H2,1H3,(H,24,26)/t14-/m0/s1. The summed E-state index contributed by atoms with van der Waals surface area (Å²) in [5, 5.41) is 2.21. The SMILES string of the molecule is CCc1ccccc1N1C[C@@H](C(=O)OCC(=O)Nc2ccc(F)cc2F)CC1=O. The summed E-state index contributed by atoms with van der Waals surface area (Å²) in [6.45, 7) is 1.52. The second-order valence-electron chi connectivity index (χ2n) is 6.67. The molecule has 1 aliphatic heterocycles. The van der Waals surface area contributed by atoms with E-state index in [1.165, 1.54) is 0 Å². The van der Waals surface area contributed by atoms with Crippen molar-refractivity contribution in [2.24, 2.45) is 5.92 Å². The van der Waals surface area contributed by atoms with Crippen molar-refractivity contribution in [1.82, 2.24) is 0 Å². The molecule has 3 rings (SSSR count). The Bertz CT molecular complexity index is 948. The normalized spacial score (nSPS) is 16.0. The van der Waals surface area contributed by atoms with Crippen molar-refractivity contribution >= 4 is 29.2 Å². The largest absolute Gasteiger partial charge is 0.455 e. The van der Waals surface area contributed by atoms with Crippen LogP contribution in [0.15, 0.2) is 42.5 Å². The number of amides is 2. The monoisotopic (exact) mass is 402 g/mol. The Kier molecular flexibility index (Phi) is 6.21. The van der Waals surface area contributed by atoms with Gasteiger partial charge in [-0.25, -0.2) is 8.78 Å². The highest BCUT2D eigenvalue weighted by Gasteiger charge is 2.37. The van der Waals surface area contributed by atoms with Crippen molar-refractivity contribution in [2.75, 3.05) is 23.4 Å². The highest BCUT2D eigenvalue weighted by molar-refractivity contribution is 6.00. The molecule has 0 aliphatic carbocycles. The molecule has 152 valence electrons. The topological polar surface area (TPSA) is 75.7 Å². The molecular weight excluding hydrogens is 382 g/mol. The quantitative estimate of drug-likeness (QED) is 0.754. The van der Waals surface area contributed by atoms with Crippen LogP contribution in [-0.4, -0.2) is 30.9 Å². The molecule has 0 unspecified atom stereocenters. The summed E-state index contributed by atoms with van der Waals surface area (Å²) in [6, 6.07) is 10.2. The number of carbonyl (C=O) groups is 3. The minimum Gasteiger partial charge on any atom is -0.455 e. The van der Waals surface area contributed by atoms with Gasteiger partial charge in [0.25, 0.3) is 5.91 Å². The third-order valence-electron chi connectivity index (χ3n) is 4.67. The minimum absolute atomic E-state index is 0.00884. The fourth-order valence-corrected chi connectivity index (χ4v) is 3.20. The summed E-state index contributed by atoms with van der Waals surface area (Å²) in [5.74, 6) is -4.03. The second-order valence-corrected chi connectivity index (χ2v) is 6.67. The average molecular weight is 402 g/mol. The van der Waals surface area contributed by atoms with E-state index in [1.54, 1.807) is 4.90 Å². The van der Waals surface area contributed by atoms with Gasteiger partial charge in [-0.15, -0.1) is 0 Å². The summed E-state index contributed by atoms with van der Waals surface area (Å²) >= 11 is 0. The molecule has 2 amide bonds. The van der Waals surface area contributed by atoms with Gasteiger partial charge in [-0.05, 0) is 30.2 Å². The average Bonchev–Trinajstić information content (AvgIpc) is 3.09. The number of carbonyl (C=O) groups excluding carboxylic acids is 3. The molecule has 6 nitrogen and oxygen atoms in total. The number of ether oxygens (including phenoxy) is 1. The van der Waals surface area contributed by atoms with Crippen LogP contribution < -0.4 is 10.2 Å². The van der Waals surface area contributed by atoms with E-state index in [1.807, 2.05) is 31.2 Å². The molecule has 8 heteroatoms. The first kappa shape index (κ1) is 20.4. The molecule has 1 atom stereocenters. The number of nitrogens with one attached hydrogen (secondary N) is 1. The van der Waals surface area contributed by atoms with Crippen LogP contribution in [0.25, 0.3) is 0 Å². The molecule has 1 fully saturated rings. The van der Waals surface area contributed by atoms with Crippen LogP contribution in [0.4, 0.5) is 20.2 Å². The third-order valence-corrected chi connectivity index (χ3v) is 4.67. The Morgan fingerprint density at radius 2 is 1.97 bits per heavy atom. The van der Waals surface area contributed by atoms with E-state index in [2.05, 4.69) is 5.32 Å². The molecule has 1 heterocycles. The van der Waals surface area contributed by atoms with Crippen LogP contribution in [0.1, 0.15) is 18.9 Å². The molecule has 0 aromatic heterocycles. The predicted octanol–water partition coefficient (Wildman–Crippen LogP) is 3.06. The number of para-hydroxylation sites is 1. The first-order valence-corrected chi connectivity index (χ1v) is 9.18. The summed E-state index contributed by atoms with van der Waals surface area (Å²) in [5.41, 5.74) is 1.54. The predicted molar refractivity (Wildman–Crippen MR) is 102 cm³/mol. The Labute approximate surface area is 166 Å². The third kappa shape index (κ3) is 4.77. The molecule has 2 aromatic rings. The number of rotatable bonds is 6. The van der Waals surface area contributed by atoms with Crippen molar-refractivity contribution in [2.45, 2.75) is 19.8 Å². The van der Waals surface area contributed by atoms with Crippen molar-refractivity contribution in [3.05, 3.63) is 59.7 Å². The van der Waals surface area contributed by atoms with E-state index < -0.39 is 36.0 Å². The van der Waals surface area contributed by atoms with E-state index in [0.29, 0.717) is 6.07 Å². The number of benzene rings is 2. The number of esters is 1. The molecule has 2 aromatic carbocycles. The Hall–Kier alpha value is -3.29. The van der Waals surface area contributed by atoms with Crippen molar-refractivity contribution in [3.8, 4) is 0 Å². The van der Waals surface area contributed by atoms with Gasteiger partial charge in [-0.1, -0.05) is 25.1 Å². The van der Waals surface area contributed by atoms with E-state index >= 15 is 0 Å². The first-order chi connectivity index (χ1) is 13.9. The van der Waals surface area contributed by atoms with Crippen LogP contribution in [-0.2, 0) is 25.5 Å². The smallest absolute Gasteiger partial charge is 0.311 e. The molecular formula is C21H20F2N2O4. The molecule has 0 bridgehead atoms. The second kappa shape index (κ2) is 8.81. The number of aryl methyl sites for hydroxylation is 1. The van der Waals surface area contributed by atoms with Crippen molar-refractivity contribution in [3.63, 3.8) is 0 Å². The summed E-state index contributed by atoms with van der Waals surface area (Å²) < 4.78 is 31.4. The van der Waals surface area contributed by atoms with E-state index in [4.69, 9.17) is 4.74 Å². The number of nitrogens with zero attached hydrogens (tertiary/aromatic N) is 1. The number of hydrogen-bond acceptors (Lipinski definition) is 4. The Balaban J connectivity index is 1.56. The van der Waals surface area contributed by atoms with Gasteiger partial charge in [0.15, 0.2) is 6.61 Å². The van der Waals surface area contributed by atoms with Crippen molar-refractivity contribution < 1.29 is 27.9 Å². The maximum absolute atomic E-state index is 13.6. The lowest BCUT2D eigenvalue weighted by Crippen LogP contribution is -2.28. The van der Waals surface area contributed by atoms with Crippen molar-refractivity contribution in [1.29, 1.82) is 0 Å². The number of halogens is 2. The fraction of sp³-hybridized carbons (Fsp3) is 0.286. The lowest BCUT2D eigenvalue weighted by atomic mass is 10.1. The zero-order chi connectivity index (χ0) is 21.0. The van der Waals surface area contributed by atoms with Gasteiger partial charge in [-0.2, -0.15) is 0 Å². The maximum atomic E-state index is 13.6. The van der Waals surface area contributed by atoms with Gasteiger partial charge < -0.3 is 15.0 Å². The van der Waals surface area contributed by atoms with Crippen LogP contribution >= 0.6 is 0 Å². The Morgan fingerprint density at radius 1 is 1.21 bits per heavy atom. The Morgan fingerprint density at radius 3 is 2.69 bits per heavy atom. The van der Waals surface area contributed by atoms with Crippen LogP contribution in [0.2, 0.25) is 0 Å². The molecule has 29 heavy (non-hydrogen) atoms. The van der Waals surface area contributed by atoms with Gasteiger partial charge in [0.1, 0.15) is 11.6 Å². The molecule has 1 N–H and O–H groups in total. The molecule has 0 spiro atoms. The summed E-state index contributed by atoms with van der Waals surface area (Å²) in [4.78, 5) is 38.1. The molecule has 1 saturated heterocycles. The molecule has 0 saturated carbocycles. The van der Waals surface area contributed by atoms with E-state index in [9.17, 15) is 23.2 Å². The molecule has 0 radical (unpaired) electrons. The van der Waals surface area contributed by atoms with Crippen LogP contribution in [0, 0.1) is 17.6 Å². The zero-order valence-electron chi connectivity index (χ0n) is 15.8. The summed E-state index contributed by atoms with van der Waals surface area (Å²) in [6.07, 6.45) is 0.736. The highest BCUT2D eigenvalue weighted by atomic mass is 19.1. The van der Waals surface area contributed by atoms with Gasteiger partial charge in [-0.3, -0.25) is 14.4 Å². The maximum Gasteiger partial charge on any atom is 0.311 e. The van der Waals surface area contributed by atoms with E-state index in [0.717, 1.165) is 29.8 Å². The van der Waals surface area contributed by atoms with Gasteiger partial charge >= 0.3 is 5.97 Å².